The first-order valence-electron chi connectivity index (χ1n) is 6.21. The molecule has 110 valence electrons. The minimum atomic E-state index is -0.511. The first kappa shape index (κ1) is 15.2. The van der Waals surface area contributed by atoms with Crippen LogP contribution in [0, 0.1) is 0 Å². The summed E-state index contributed by atoms with van der Waals surface area (Å²) in [5, 5.41) is -0.511. The molecule has 21 heavy (non-hydrogen) atoms. The molecule has 2 aromatic rings. The molecule has 2 rings (SSSR count). The van der Waals surface area contributed by atoms with Gasteiger partial charge in [0.05, 0.1) is 26.9 Å². The molecule has 0 aromatic heterocycles. The van der Waals surface area contributed by atoms with Crippen molar-refractivity contribution in [3.8, 4) is 28.4 Å². The Labute approximate surface area is 128 Å². The Balaban J connectivity index is 2.67. The van der Waals surface area contributed by atoms with E-state index in [1.54, 1.807) is 51.7 Å². The number of ether oxygens (including phenoxy) is 3. The fourth-order valence-electron chi connectivity index (χ4n) is 2.09. The Morgan fingerprint density at radius 2 is 1.57 bits per heavy atom. The quantitative estimate of drug-likeness (QED) is 0.789. The zero-order valence-corrected chi connectivity index (χ0v) is 12.7. The van der Waals surface area contributed by atoms with Gasteiger partial charge in [-0.3, -0.25) is 4.79 Å². The molecule has 0 aliphatic heterocycles. The van der Waals surface area contributed by atoms with Gasteiger partial charge in [-0.25, -0.2) is 0 Å². The molecule has 2 aromatic carbocycles. The van der Waals surface area contributed by atoms with Crippen molar-refractivity contribution in [1.29, 1.82) is 0 Å². The van der Waals surface area contributed by atoms with Gasteiger partial charge < -0.3 is 14.2 Å². The Kier molecular flexibility index (Phi) is 4.70. The van der Waals surface area contributed by atoms with Gasteiger partial charge in [0.1, 0.15) is 17.2 Å². The minimum absolute atomic E-state index is 0.411. The highest BCUT2D eigenvalue weighted by molar-refractivity contribution is 6.67. The molecule has 0 amide bonds. The van der Waals surface area contributed by atoms with Gasteiger partial charge in [-0.1, -0.05) is 18.2 Å². The number of hydrogen-bond acceptors (Lipinski definition) is 4. The van der Waals surface area contributed by atoms with Crippen LogP contribution in [0.2, 0.25) is 0 Å². The molecule has 0 aliphatic rings. The van der Waals surface area contributed by atoms with Crippen LogP contribution >= 0.6 is 11.6 Å². The van der Waals surface area contributed by atoms with E-state index in [4.69, 9.17) is 25.8 Å². The van der Waals surface area contributed by atoms with Gasteiger partial charge in [-0.2, -0.15) is 0 Å². The van der Waals surface area contributed by atoms with Crippen molar-refractivity contribution >= 4 is 16.8 Å². The lowest BCUT2D eigenvalue weighted by molar-refractivity contribution is 0.108. The summed E-state index contributed by atoms with van der Waals surface area (Å²) in [5.74, 6) is 1.80. The molecule has 0 fully saturated rings. The fourth-order valence-corrected chi connectivity index (χ4v) is 2.20. The summed E-state index contributed by atoms with van der Waals surface area (Å²) in [7, 11) is 4.70. The van der Waals surface area contributed by atoms with Crippen LogP contribution in [0.4, 0.5) is 0 Å². The zero-order valence-electron chi connectivity index (χ0n) is 12.0. The summed E-state index contributed by atoms with van der Waals surface area (Å²) in [6.07, 6.45) is 0. The third-order valence-corrected chi connectivity index (χ3v) is 3.31. The van der Waals surface area contributed by atoms with Crippen LogP contribution in [0.3, 0.4) is 0 Å². The Morgan fingerprint density at radius 3 is 2.05 bits per heavy atom. The molecule has 0 radical (unpaired) electrons. The van der Waals surface area contributed by atoms with Crippen molar-refractivity contribution in [2.75, 3.05) is 21.3 Å². The van der Waals surface area contributed by atoms with E-state index in [1.165, 1.54) is 0 Å². The molecular formula is C16H15ClO4. The van der Waals surface area contributed by atoms with Gasteiger partial charge in [0.15, 0.2) is 0 Å². The van der Waals surface area contributed by atoms with Crippen molar-refractivity contribution in [1.82, 2.24) is 0 Å². The first-order chi connectivity index (χ1) is 10.1. The van der Waals surface area contributed by atoms with Crippen molar-refractivity contribution in [2.24, 2.45) is 0 Å². The monoisotopic (exact) mass is 306 g/mol. The highest BCUT2D eigenvalue weighted by Crippen LogP contribution is 2.41. The molecule has 0 unspecified atom stereocenters. The van der Waals surface area contributed by atoms with Gasteiger partial charge in [0, 0.05) is 17.7 Å². The average molecular weight is 307 g/mol. The molecule has 4 nitrogen and oxygen atoms in total. The first-order valence-corrected chi connectivity index (χ1v) is 6.58. The Hall–Kier alpha value is -2.20. The van der Waals surface area contributed by atoms with Crippen LogP contribution < -0.4 is 14.2 Å². The summed E-state index contributed by atoms with van der Waals surface area (Å²) in [5.41, 5.74) is 1.92. The van der Waals surface area contributed by atoms with Crippen LogP contribution in [-0.2, 0) is 0 Å². The summed E-state index contributed by atoms with van der Waals surface area (Å²) in [6, 6.07) is 10.5. The van der Waals surface area contributed by atoms with E-state index in [0.29, 0.717) is 22.8 Å². The average Bonchev–Trinajstić information content (AvgIpc) is 2.53. The highest BCUT2D eigenvalue weighted by Gasteiger charge is 2.16. The third kappa shape index (κ3) is 3.11. The van der Waals surface area contributed by atoms with E-state index in [2.05, 4.69) is 0 Å². The van der Waals surface area contributed by atoms with E-state index < -0.39 is 5.24 Å². The number of rotatable bonds is 5. The lowest BCUT2D eigenvalue weighted by atomic mass is 10.0. The van der Waals surface area contributed by atoms with Crippen LogP contribution in [-0.4, -0.2) is 26.6 Å². The van der Waals surface area contributed by atoms with Crippen LogP contribution in [0.1, 0.15) is 10.4 Å². The lowest BCUT2D eigenvalue weighted by Crippen LogP contribution is -1.96. The van der Waals surface area contributed by atoms with Crippen molar-refractivity contribution in [3.05, 3.63) is 42.0 Å². The molecular weight excluding hydrogens is 292 g/mol. The fraction of sp³-hybridized carbons (Fsp3) is 0.188. The maximum atomic E-state index is 11.3. The van der Waals surface area contributed by atoms with Gasteiger partial charge in [-0.05, 0) is 23.2 Å². The molecule has 0 saturated carbocycles. The number of hydrogen-bond donors (Lipinski definition) is 0. The predicted octanol–water partition coefficient (Wildman–Crippen LogP) is 3.76. The van der Waals surface area contributed by atoms with E-state index >= 15 is 0 Å². The maximum absolute atomic E-state index is 11.3. The number of carbonyl (C=O) groups excluding carboxylic acids is 1. The largest absolute Gasteiger partial charge is 0.496 e. The van der Waals surface area contributed by atoms with E-state index in [0.717, 1.165) is 11.1 Å². The van der Waals surface area contributed by atoms with E-state index in [1.807, 2.05) is 6.07 Å². The Bertz CT molecular complexity index is 642. The van der Waals surface area contributed by atoms with Crippen molar-refractivity contribution < 1.29 is 19.0 Å². The number of carbonyl (C=O) groups is 1. The summed E-state index contributed by atoms with van der Waals surface area (Å²) in [4.78, 5) is 11.3. The van der Waals surface area contributed by atoms with Crippen LogP contribution in [0.5, 0.6) is 17.2 Å². The molecule has 0 spiro atoms. The second-order valence-electron chi connectivity index (χ2n) is 4.26. The molecule has 0 atom stereocenters. The molecule has 0 N–H and O–H groups in total. The van der Waals surface area contributed by atoms with Crippen LogP contribution in [0.15, 0.2) is 36.4 Å². The van der Waals surface area contributed by atoms with Crippen molar-refractivity contribution in [3.63, 3.8) is 0 Å². The number of halogens is 1. The zero-order chi connectivity index (χ0) is 15.4. The summed E-state index contributed by atoms with van der Waals surface area (Å²) in [6.45, 7) is 0. The molecule has 5 heteroatoms. The Morgan fingerprint density at radius 1 is 0.952 bits per heavy atom. The molecule has 0 aliphatic carbocycles. The van der Waals surface area contributed by atoms with E-state index in [-0.39, 0.29) is 0 Å². The van der Waals surface area contributed by atoms with E-state index in [9.17, 15) is 4.79 Å². The number of methoxy groups -OCH3 is 3. The summed E-state index contributed by atoms with van der Waals surface area (Å²) < 4.78 is 16.0. The maximum Gasteiger partial charge on any atom is 0.252 e. The third-order valence-electron chi connectivity index (χ3n) is 3.09. The minimum Gasteiger partial charge on any atom is -0.496 e. The second kappa shape index (κ2) is 6.50. The highest BCUT2D eigenvalue weighted by atomic mass is 35.5. The molecule has 0 bridgehead atoms. The van der Waals surface area contributed by atoms with Gasteiger partial charge in [-0.15, -0.1) is 0 Å². The topological polar surface area (TPSA) is 44.8 Å². The second-order valence-corrected chi connectivity index (χ2v) is 4.60. The predicted molar refractivity (Wildman–Crippen MR) is 81.7 cm³/mol. The smallest absolute Gasteiger partial charge is 0.252 e. The van der Waals surface area contributed by atoms with Crippen LogP contribution in [0.25, 0.3) is 11.1 Å². The normalized spacial score (nSPS) is 10.1. The lowest BCUT2D eigenvalue weighted by Gasteiger charge is -2.15. The van der Waals surface area contributed by atoms with Gasteiger partial charge in [0.2, 0.25) is 0 Å². The number of benzene rings is 2. The SMILES string of the molecule is COc1cc(OC)c(-c2cccc(C(=O)Cl)c2)c(OC)c1. The molecule has 0 saturated heterocycles. The summed E-state index contributed by atoms with van der Waals surface area (Å²) >= 11 is 5.54. The van der Waals surface area contributed by atoms with Gasteiger partial charge >= 0.3 is 0 Å². The van der Waals surface area contributed by atoms with Crippen molar-refractivity contribution in [2.45, 2.75) is 0 Å². The van der Waals surface area contributed by atoms with Gasteiger partial charge in [0.25, 0.3) is 5.24 Å². The standard InChI is InChI=1S/C16H15ClO4/c1-19-12-8-13(20-2)15(14(9-12)21-3)10-5-4-6-11(7-10)16(17)18/h4-9H,1-3H3. The molecule has 0 heterocycles.